The maximum Gasteiger partial charge on any atom is 0.303 e. The molecule has 0 heterocycles. The van der Waals surface area contributed by atoms with Crippen LogP contribution in [0.5, 0.6) is 0 Å². The third-order valence-corrected chi connectivity index (χ3v) is 3.10. The van der Waals surface area contributed by atoms with E-state index in [0.717, 1.165) is 0 Å². The second kappa shape index (κ2) is 3.83. The second-order valence-corrected chi connectivity index (χ2v) is 4.06. The van der Waals surface area contributed by atoms with E-state index in [1.165, 1.54) is 13.8 Å². The van der Waals surface area contributed by atoms with Gasteiger partial charge in [0, 0.05) is 20.3 Å². The molecule has 0 bridgehead atoms. The minimum Gasteiger partial charge on any atom is -0.455 e. The standard InChI is InChI=1S/C11H18O4/c1-5-10(14-8(3)12)7-11(10,6-2)15-9(4)13/h5-7H2,1-4H3/t10-,11+. The number of esters is 2. The highest BCUT2D eigenvalue weighted by atomic mass is 16.6. The van der Waals surface area contributed by atoms with Gasteiger partial charge in [-0.2, -0.15) is 0 Å². The summed E-state index contributed by atoms with van der Waals surface area (Å²) in [5, 5.41) is 0. The number of hydrogen-bond donors (Lipinski definition) is 0. The number of rotatable bonds is 4. The molecule has 0 amide bonds. The molecule has 4 heteroatoms. The minimum absolute atomic E-state index is 0.320. The highest BCUT2D eigenvalue weighted by molar-refractivity contribution is 5.69. The Hall–Kier alpha value is -1.06. The summed E-state index contributed by atoms with van der Waals surface area (Å²) in [6.07, 6.45) is 1.97. The first kappa shape index (κ1) is 12.0. The zero-order chi connectivity index (χ0) is 11.7. The fraction of sp³-hybridized carbons (Fsp3) is 0.818. The lowest BCUT2D eigenvalue weighted by molar-refractivity contribution is -0.165. The molecule has 1 aliphatic rings. The molecule has 0 spiro atoms. The Bertz CT molecular complexity index is 258. The fourth-order valence-electron chi connectivity index (χ4n) is 2.26. The van der Waals surface area contributed by atoms with E-state index in [4.69, 9.17) is 9.47 Å². The van der Waals surface area contributed by atoms with Gasteiger partial charge < -0.3 is 9.47 Å². The third kappa shape index (κ3) is 1.98. The quantitative estimate of drug-likeness (QED) is 0.670. The molecule has 1 rings (SSSR count). The Morgan fingerprint density at radius 3 is 1.53 bits per heavy atom. The van der Waals surface area contributed by atoms with Crippen LogP contribution in [0.4, 0.5) is 0 Å². The van der Waals surface area contributed by atoms with E-state index in [-0.39, 0.29) is 11.9 Å². The number of ether oxygens (including phenoxy) is 2. The van der Waals surface area contributed by atoms with Crippen molar-refractivity contribution < 1.29 is 19.1 Å². The highest BCUT2D eigenvalue weighted by Gasteiger charge is 2.71. The maximum absolute atomic E-state index is 11.0. The zero-order valence-electron chi connectivity index (χ0n) is 9.75. The van der Waals surface area contributed by atoms with E-state index in [1.807, 2.05) is 13.8 Å². The van der Waals surface area contributed by atoms with Crippen LogP contribution in [0.1, 0.15) is 47.0 Å². The number of hydrogen-bond acceptors (Lipinski definition) is 4. The molecule has 0 saturated heterocycles. The molecular weight excluding hydrogens is 196 g/mol. The van der Waals surface area contributed by atoms with Crippen LogP contribution in [0.15, 0.2) is 0 Å². The van der Waals surface area contributed by atoms with Crippen molar-refractivity contribution in [1.82, 2.24) is 0 Å². The Labute approximate surface area is 89.9 Å². The Kier molecular flexibility index (Phi) is 3.07. The Balaban J connectivity index is 2.79. The van der Waals surface area contributed by atoms with Gasteiger partial charge >= 0.3 is 11.9 Å². The van der Waals surface area contributed by atoms with E-state index in [1.54, 1.807) is 0 Å². The molecule has 0 aromatic heterocycles. The molecule has 4 nitrogen and oxygen atoms in total. The smallest absolute Gasteiger partial charge is 0.303 e. The van der Waals surface area contributed by atoms with E-state index in [2.05, 4.69) is 0 Å². The molecule has 0 aliphatic heterocycles. The first-order chi connectivity index (χ1) is 6.91. The molecule has 86 valence electrons. The van der Waals surface area contributed by atoms with Crippen LogP contribution in [-0.2, 0) is 19.1 Å². The SMILES string of the molecule is CC[C@@]1(OC(C)=O)C[C@]1(CC)OC(C)=O. The molecular formula is C11H18O4. The van der Waals surface area contributed by atoms with Gasteiger partial charge in [-0.1, -0.05) is 13.8 Å². The van der Waals surface area contributed by atoms with Gasteiger partial charge in [-0.15, -0.1) is 0 Å². The van der Waals surface area contributed by atoms with Crippen LogP contribution < -0.4 is 0 Å². The predicted octanol–water partition coefficient (Wildman–Crippen LogP) is 1.81. The van der Waals surface area contributed by atoms with Gasteiger partial charge in [-0.3, -0.25) is 9.59 Å². The minimum atomic E-state index is -0.584. The van der Waals surface area contributed by atoms with E-state index in [9.17, 15) is 9.59 Å². The number of carbonyl (C=O) groups excluding carboxylic acids is 2. The summed E-state index contributed by atoms with van der Waals surface area (Å²) in [5.74, 6) is -0.640. The molecule has 0 N–H and O–H groups in total. The lowest BCUT2D eigenvalue weighted by atomic mass is 10.1. The van der Waals surface area contributed by atoms with Crippen molar-refractivity contribution in [3.8, 4) is 0 Å². The van der Waals surface area contributed by atoms with Crippen molar-refractivity contribution in [3.05, 3.63) is 0 Å². The summed E-state index contributed by atoms with van der Waals surface area (Å²) in [5.41, 5.74) is -1.17. The molecule has 0 aromatic rings. The molecule has 2 atom stereocenters. The first-order valence-corrected chi connectivity index (χ1v) is 5.30. The molecule has 1 aliphatic carbocycles. The van der Waals surface area contributed by atoms with Crippen molar-refractivity contribution in [1.29, 1.82) is 0 Å². The van der Waals surface area contributed by atoms with Gasteiger partial charge in [0.2, 0.25) is 0 Å². The van der Waals surface area contributed by atoms with Crippen molar-refractivity contribution >= 4 is 11.9 Å². The van der Waals surface area contributed by atoms with Crippen LogP contribution in [0.3, 0.4) is 0 Å². The van der Waals surface area contributed by atoms with Crippen LogP contribution in [0.2, 0.25) is 0 Å². The van der Waals surface area contributed by atoms with Crippen molar-refractivity contribution in [3.63, 3.8) is 0 Å². The lowest BCUT2D eigenvalue weighted by Crippen LogP contribution is -2.33. The summed E-state index contributed by atoms with van der Waals surface area (Å²) < 4.78 is 10.6. The average Bonchev–Trinajstić information content (AvgIpc) is 2.72. The zero-order valence-corrected chi connectivity index (χ0v) is 9.75. The Morgan fingerprint density at radius 1 is 1.00 bits per heavy atom. The molecule has 0 unspecified atom stereocenters. The van der Waals surface area contributed by atoms with Gasteiger partial charge in [0.15, 0.2) is 11.2 Å². The number of carbonyl (C=O) groups is 2. The highest BCUT2D eigenvalue weighted by Crippen LogP contribution is 2.58. The largest absolute Gasteiger partial charge is 0.455 e. The summed E-state index contributed by atoms with van der Waals surface area (Å²) in [6.45, 7) is 6.63. The average molecular weight is 214 g/mol. The third-order valence-electron chi connectivity index (χ3n) is 3.10. The summed E-state index contributed by atoms with van der Waals surface area (Å²) in [4.78, 5) is 22.0. The van der Waals surface area contributed by atoms with Crippen LogP contribution in [-0.4, -0.2) is 23.1 Å². The molecule has 0 radical (unpaired) electrons. The predicted molar refractivity (Wildman–Crippen MR) is 54.2 cm³/mol. The lowest BCUT2D eigenvalue weighted by Gasteiger charge is -2.23. The van der Waals surface area contributed by atoms with E-state index < -0.39 is 11.2 Å². The van der Waals surface area contributed by atoms with E-state index in [0.29, 0.717) is 19.3 Å². The summed E-state index contributed by atoms with van der Waals surface area (Å²) in [6, 6.07) is 0. The molecule has 0 aromatic carbocycles. The summed E-state index contributed by atoms with van der Waals surface area (Å²) >= 11 is 0. The molecule has 1 saturated carbocycles. The van der Waals surface area contributed by atoms with Crippen LogP contribution in [0.25, 0.3) is 0 Å². The van der Waals surface area contributed by atoms with Gasteiger partial charge in [0.05, 0.1) is 0 Å². The van der Waals surface area contributed by atoms with Crippen molar-refractivity contribution in [2.45, 2.75) is 58.2 Å². The van der Waals surface area contributed by atoms with Crippen molar-refractivity contribution in [2.75, 3.05) is 0 Å². The monoisotopic (exact) mass is 214 g/mol. The topological polar surface area (TPSA) is 52.6 Å². The first-order valence-electron chi connectivity index (χ1n) is 5.30. The second-order valence-electron chi connectivity index (χ2n) is 4.06. The van der Waals surface area contributed by atoms with Gasteiger partial charge in [-0.05, 0) is 12.8 Å². The summed E-state index contributed by atoms with van der Waals surface area (Å²) in [7, 11) is 0. The normalized spacial score (nSPS) is 33.3. The maximum atomic E-state index is 11.0. The molecule has 15 heavy (non-hydrogen) atoms. The van der Waals surface area contributed by atoms with Gasteiger partial charge in [0.1, 0.15) is 0 Å². The van der Waals surface area contributed by atoms with Gasteiger partial charge in [0.25, 0.3) is 0 Å². The van der Waals surface area contributed by atoms with Crippen LogP contribution >= 0.6 is 0 Å². The van der Waals surface area contributed by atoms with Gasteiger partial charge in [-0.25, -0.2) is 0 Å². The fourth-order valence-corrected chi connectivity index (χ4v) is 2.26. The van der Waals surface area contributed by atoms with E-state index >= 15 is 0 Å². The Morgan fingerprint density at radius 2 is 1.33 bits per heavy atom. The molecule has 1 fully saturated rings. The van der Waals surface area contributed by atoms with Crippen LogP contribution in [0, 0.1) is 0 Å². The van der Waals surface area contributed by atoms with Crippen molar-refractivity contribution in [2.24, 2.45) is 0 Å².